The molecule has 118 valence electrons. The normalized spacial score (nSPS) is 12.2. The monoisotopic (exact) mass is 323 g/mol. The number of hydrogen-bond donors (Lipinski definition) is 2. The molecule has 2 N–H and O–H groups in total. The first kappa shape index (κ1) is 16.7. The summed E-state index contributed by atoms with van der Waals surface area (Å²) in [5.74, 6) is 0.282. The van der Waals surface area contributed by atoms with Crippen molar-refractivity contribution >= 4 is 11.6 Å². The van der Waals surface area contributed by atoms with E-state index in [1.165, 1.54) is 6.07 Å². The highest BCUT2D eigenvalue weighted by Crippen LogP contribution is 2.21. The summed E-state index contributed by atoms with van der Waals surface area (Å²) in [6, 6.07) is 12.1. The number of hydrogen-bond acceptors (Lipinski definition) is 3. The smallest absolute Gasteiger partial charge is 0.131 e. The van der Waals surface area contributed by atoms with Crippen molar-refractivity contribution in [3.63, 3.8) is 0 Å². The molecule has 2 rings (SSSR count). The molecule has 0 radical (unpaired) electrons. The Morgan fingerprint density at radius 3 is 2.59 bits per heavy atom. The quantitative estimate of drug-likeness (QED) is 0.819. The number of halogens is 2. The van der Waals surface area contributed by atoms with E-state index in [1.54, 1.807) is 19.1 Å². The molecule has 1 atom stereocenters. The average Bonchev–Trinajstić information content (AvgIpc) is 2.48. The Labute approximate surface area is 134 Å². The first-order valence-corrected chi connectivity index (χ1v) is 7.47. The highest BCUT2D eigenvalue weighted by Gasteiger charge is 2.07. The summed E-state index contributed by atoms with van der Waals surface area (Å²) >= 11 is 5.95. The Bertz CT molecular complexity index is 582. The number of benzene rings is 2. The molecule has 0 fully saturated rings. The second-order valence-electron chi connectivity index (χ2n) is 5.11. The van der Waals surface area contributed by atoms with Crippen molar-refractivity contribution in [3.8, 4) is 5.75 Å². The number of aliphatic hydroxyl groups excluding tert-OH is 1. The second kappa shape index (κ2) is 8.13. The summed E-state index contributed by atoms with van der Waals surface area (Å²) in [5, 5.41) is 12.7. The van der Waals surface area contributed by atoms with Crippen LogP contribution in [0, 0.1) is 5.82 Å². The number of rotatable bonds is 7. The van der Waals surface area contributed by atoms with Crippen molar-refractivity contribution in [1.82, 2.24) is 5.32 Å². The molecule has 2 aromatic rings. The molecule has 0 unspecified atom stereocenters. The molecule has 0 saturated carbocycles. The van der Waals surface area contributed by atoms with Crippen molar-refractivity contribution in [1.29, 1.82) is 0 Å². The Morgan fingerprint density at radius 2 is 1.95 bits per heavy atom. The third kappa shape index (κ3) is 4.98. The topological polar surface area (TPSA) is 41.5 Å². The Kier molecular flexibility index (Phi) is 6.19. The van der Waals surface area contributed by atoms with E-state index in [9.17, 15) is 9.50 Å². The maximum absolute atomic E-state index is 13.6. The fraction of sp³-hybridized carbons (Fsp3) is 0.294. The zero-order valence-corrected chi connectivity index (χ0v) is 13.1. The Balaban J connectivity index is 1.89. The lowest BCUT2D eigenvalue weighted by atomic mass is 10.2. The second-order valence-corrected chi connectivity index (χ2v) is 5.52. The van der Waals surface area contributed by atoms with Gasteiger partial charge in [0.15, 0.2) is 0 Å². The number of ether oxygens (including phenoxy) is 1. The lowest BCUT2D eigenvalue weighted by Gasteiger charge is -2.10. The zero-order chi connectivity index (χ0) is 15.9. The van der Waals surface area contributed by atoms with Crippen molar-refractivity contribution in [2.45, 2.75) is 26.2 Å². The van der Waals surface area contributed by atoms with E-state index < -0.39 is 0 Å². The Morgan fingerprint density at radius 1 is 1.23 bits per heavy atom. The molecule has 22 heavy (non-hydrogen) atoms. The van der Waals surface area contributed by atoms with Crippen LogP contribution in [0.2, 0.25) is 5.02 Å². The lowest BCUT2D eigenvalue weighted by Crippen LogP contribution is -2.23. The van der Waals surface area contributed by atoms with Gasteiger partial charge in [-0.25, -0.2) is 4.39 Å². The molecular formula is C17H19ClFNO2. The van der Waals surface area contributed by atoms with Gasteiger partial charge in [-0.2, -0.15) is 0 Å². The van der Waals surface area contributed by atoms with Gasteiger partial charge in [0.2, 0.25) is 0 Å². The summed E-state index contributed by atoms with van der Waals surface area (Å²) < 4.78 is 19.2. The molecule has 0 aliphatic carbocycles. The fourth-order valence-electron chi connectivity index (χ4n) is 1.95. The predicted molar refractivity (Wildman–Crippen MR) is 85.6 cm³/mol. The van der Waals surface area contributed by atoms with E-state index in [4.69, 9.17) is 16.3 Å². The minimum atomic E-state index is -0.369. The highest BCUT2D eigenvalue weighted by molar-refractivity contribution is 6.31. The maximum Gasteiger partial charge on any atom is 0.131 e. The van der Waals surface area contributed by atoms with Crippen molar-refractivity contribution in [3.05, 3.63) is 64.4 Å². The molecule has 5 heteroatoms. The zero-order valence-electron chi connectivity index (χ0n) is 12.4. The first-order chi connectivity index (χ1) is 10.6. The summed E-state index contributed by atoms with van der Waals surface area (Å²) in [7, 11) is 0. The molecule has 0 bridgehead atoms. The van der Waals surface area contributed by atoms with Gasteiger partial charge in [-0.05, 0) is 36.8 Å². The van der Waals surface area contributed by atoms with Gasteiger partial charge in [-0.15, -0.1) is 0 Å². The molecule has 0 heterocycles. The van der Waals surface area contributed by atoms with Gasteiger partial charge in [0, 0.05) is 18.7 Å². The van der Waals surface area contributed by atoms with Gasteiger partial charge in [0.1, 0.15) is 18.2 Å². The van der Waals surface area contributed by atoms with Crippen LogP contribution in [-0.4, -0.2) is 17.8 Å². The van der Waals surface area contributed by atoms with Crippen LogP contribution in [0.4, 0.5) is 4.39 Å². The molecule has 0 aromatic heterocycles. The van der Waals surface area contributed by atoms with E-state index in [2.05, 4.69) is 5.32 Å². The standard InChI is InChI=1S/C17H19ClFNO2/c1-12(21)9-20-10-13-5-7-14(8-6-13)22-11-15-16(18)3-2-4-17(15)19/h2-8,12,20-21H,9-11H2,1H3/t12-/m0/s1. The largest absolute Gasteiger partial charge is 0.489 e. The minimum absolute atomic E-state index is 0.0884. The van der Waals surface area contributed by atoms with E-state index in [-0.39, 0.29) is 18.5 Å². The molecule has 0 aliphatic heterocycles. The highest BCUT2D eigenvalue weighted by atomic mass is 35.5. The minimum Gasteiger partial charge on any atom is -0.489 e. The van der Waals surface area contributed by atoms with E-state index >= 15 is 0 Å². The predicted octanol–water partition coefficient (Wildman–Crippen LogP) is 3.53. The van der Waals surface area contributed by atoms with Crippen molar-refractivity contribution in [2.75, 3.05) is 6.54 Å². The van der Waals surface area contributed by atoms with E-state index in [0.29, 0.717) is 29.4 Å². The summed E-state index contributed by atoms with van der Waals surface area (Å²) in [6.07, 6.45) is -0.367. The summed E-state index contributed by atoms with van der Waals surface area (Å²) in [6.45, 7) is 3.04. The molecule has 2 aromatic carbocycles. The van der Waals surface area contributed by atoms with Crippen LogP contribution in [0.5, 0.6) is 5.75 Å². The number of nitrogens with one attached hydrogen (secondary N) is 1. The molecule has 0 aliphatic rings. The lowest BCUT2D eigenvalue weighted by molar-refractivity contribution is 0.191. The SMILES string of the molecule is C[C@H](O)CNCc1ccc(OCc2c(F)cccc2Cl)cc1. The van der Waals surface area contributed by atoms with Crippen LogP contribution >= 0.6 is 11.6 Å². The number of aliphatic hydroxyl groups is 1. The van der Waals surface area contributed by atoms with Crippen LogP contribution in [0.1, 0.15) is 18.1 Å². The maximum atomic E-state index is 13.6. The van der Waals surface area contributed by atoms with Gasteiger partial charge < -0.3 is 15.2 Å². The third-order valence-corrected chi connectivity index (χ3v) is 3.49. The van der Waals surface area contributed by atoms with Crippen LogP contribution in [0.3, 0.4) is 0 Å². The van der Waals surface area contributed by atoms with Crippen LogP contribution in [-0.2, 0) is 13.2 Å². The average molecular weight is 324 g/mol. The van der Waals surface area contributed by atoms with Gasteiger partial charge in [-0.1, -0.05) is 29.8 Å². The van der Waals surface area contributed by atoms with Gasteiger partial charge in [-0.3, -0.25) is 0 Å². The van der Waals surface area contributed by atoms with Gasteiger partial charge >= 0.3 is 0 Å². The van der Waals surface area contributed by atoms with E-state index in [0.717, 1.165) is 5.56 Å². The van der Waals surface area contributed by atoms with Gasteiger partial charge in [0.25, 0.3) is 0 Å². The third-order valence-electron chi connectivity index (χ3n) is 3.14. The first-order valence-electron chi connectivity index (χ1n) is 7.09. The molecule has 0 amide bonds. The molecule has 0 saturated heterocycles. The van der Waals surface area contributed by atoms with Crippen LogP contribution in [0.15, 0.2) is 42.5 Å². The fourth-order valence-corrected chi connectivity index (χ4v) is 2.17. The molecular weight excluding hydrogens is 305 g/mol. The van der Waals surface area contributed by atoms with Gasteiger partial charge in [0.05, 0.1) is 11.1 Å². The van der Waals surface area contributed by atoms with Crippen LogP contribution in [0.25, 0.3) is 0 Å². The van der Waals surface area contributed by atoms with E-state index in [1.807, 2.05) is 24.3 Å². The summed E-state index contributed by atoms with van der Waals surface area (Å²) in [5.41, 5.74) is 1.43. The molecule has 0 spiro atoms. The molecule has 3 nitrogen and oxygen atoms in total. The summed E-state index contributed by atoms with van der Waals surface area (Å²) in [4.78, 5) is 0. The Hall–Kier alpha value is -1.62. The van der Waals surface area contributed by atoms with Crippen molar-refractivity contribution in [2.24, 2.45) is 0 Å². The van der Waals surface area contributed by atoms with Crippen molar-refractivity contribution < 1.29 is 14.2 Å². The van der Waals surface area contributed by atoms with Crippen LogP contribution < -0.4 is 10.1 Å².